The number of benzene rings is 3. The number of imidazole rings is 1. The minimum atomic E-state index is -3.95. The van der Waals surface area contributed by atoms with Crippen LogP contribution < -0.4 is 10.0 Å². The molecule has 2 aromatic heterocycles. The van der Waals surface area contributed by atoms with E-state index in [0.717, 1.165) is 79.1 Å². The maximum Gasteiger partial charge on any atom is 0.264 e. The fourth-order valence-corrected chi connectivity index (χ4v) is 7.54. The number of likely N-dealkylation sites (N-methyl/N-ethyl adjacent to an activating group) is 1. The number of aryl methyl sites for hydroxylation is 3. The average molecular weight is 684 g/mol. The zero-order chi connectivity index (χ0) is 34.7. The smallest absolute Gasteiger partial charge is 0.264 e. The fourth-order valence-electron chi connectivity index (χ4n) is 6.26. The van der Waals surface area contributed by atoms with Gasteiger partial charge in [-0.3, -0.25) is 9.69 Å². The van der Waals surface area contributed by atoms with E-state index in [1.807, 2.05) is 49.4 Å². The van der Waals surface area contributed by atoms with Crippen LogP contribution in [0.25, 0.3) is 22.2 Å². The lowest BCUT2D eigenvalue weighted by Crippen LogP contribution is -2.46. The van der Waals surface area contributed by atoms with Crippen molar-refractivity contribution in [2.24, 2.45) is 0 Å². The summed E-state index contributed by atoms with van der Waals surface area (Å²) in [5.74, 6) is 1.00. The lowest BCUT2D eigenvalue weighted by atomic mass is 10.0. The van der Waals surface area contributed by atoms with E-state index < -0.39 is 10.0 Å². The number of anilines is 1. The third-order valence-corrected chi connectivity index (χ3v) is 10.7. The first-order valence-electron chi connectivity index (χ1n) is 16.9. The highest BCUT2D eigenvalue weighted by molar-refractivity contribution is 7.92. The van der Waals surface area contributed by atoms with Gasteiger partial charge in [0.15, 0.2) is 0 Å². The molecular weight excluding hydrogens is 639 g/mol. The lowest BCUT2D eigenvalue weighted by molar-refractivity contribution is 0.0941. The molecule has 1 amide bonds. The van der Waals surface area contributed by atoms with Gasteiger partial charge in [0.2, 0.25) is 5.88 Å². The first kappa shape index (κ1) is 34.3. The van der Waals surface area contributed by atoms with Gasteiger partial charge in [0.1, 0.15) is 5.82 Å². The number of piperazine rings is 1. The zero-order valence-electron chi connectivity index (χ0n) is 28.9. The Kier molecular flexibility index (Phi) is 10.2. The van der Waals surface area contributed by atoms with Crippen LogP contribution in [-0.2, 0) is 23.0 Å². The molecule has 1 aliphatic heterocycles. The predicted octanol–water partition coefficient (Wildman–Crippen LogP) is 5.40. The Morgan fingerprint density at radius 2 is 1.71 bits per heavy atom. The van der Waals surface area contributed by atoms with Gasteiger partial charge >= 0.3 is 0 Å². The van der Waals surface area contributed by atoms with Gasteiger partial charge in [0.05, 0.1) is 21.6 Å². The van der Waals surface area contributed by atoms with Gasteiger partial charge in [-0.25, -0.2) is 18.1 Å². The number of carbonyl (C=O) groups excluding carboxylic acids is 1. The van der Waals surface area contributed by atoms with Crippen molar-refractivity contribution in [1.82, 2.24) is 29.8 Å². The van der Waals surface area contributed by atoms with Crippen LogP contribution in [0.1, 0.15) is 51.9 Å². The topological polar surface area (TPSA) is 126 Å². The monoisotopic (exact) mass is 683 g/mol. The summed E-state index contributed by atoms with van der Waals surface area (Å²) in [6, 6.07) is 18.7. The van der Waals surface area contributed by atoms with Crippen LogP contribution in [0.2, 0.25) is 0 Å². The van der Waals surface area contributed by atoms with Gasteiger partial charge in [-0.15, -0.1) is 0 Å². The Balaban J connectivity index is 1.23. The highest BCUT2D eigenvalue weighted by atomic mass is 32.2. The third-order valence-electron chi connectivity index (χ3n) is 9.34. The summed E-state index contributed by atoms with van der Waals surface area (Å²) in [5, 5.41) is 6.99. The molecule has 11 nitrogen and oxygen atoms in total. The second-order valence-corrected chi connectivity index (χ2v) is 14.6. The molecule has 1 aliphatic rings. The molecule has 0 spiro atoms. The summed E-state index contributed by atoms with van der Waals surface area (Å²) >= 11 is 0. The van der Waals surface area contributed by atoms with E-state index >= 15 is 0 Å². The second-order valence-electron chi connectivity index (χ2n) is 12.9. The Bertz CT molecular complexity index is 2060. The van der Waals surface area contributed by atoms with Crippen LogP contribution in [-0.4, -0.2) is 85.1 Å². The number of carbonyl (C=O) groups is 1. The number of nitrogens with zero attached hydrogens (tertiary/aromatic N) is 5. The van der Waals surface area contributed by atoms with Gasteiger partial charge < -0.3 is 19.3 Å². The number of hydrogen-bond donors (Lipinski definition) is 2. The van der Waals surface area contributed by atoms with Crippen molar-refractivity contribution < 1.29 is 17.7 Å². The normalized spacial score (nSPS) is 14.4. The minimum Gasteiger partial charge on any atom is -0.351 e. The van der Waals surface area contributed by atoms with Crippen molar-refractivity contribution in [2.75, 3.05) is 51.0 Å². The van der Waals surface area contributed by atoms with Crippen molar-refractivity contribution in [3.63, 3.8) is 0 Å². The summed E-state index contributed by atoms with van der Waals surface area (Å²) in [6.45, 7) is 13.8. The largest absolute Gasteiger partial charge is 0.351 e. The molecule has 0 saturated carbocycles. The molecular formula is C37H45N7O4S. The number of amides is 1. The third kappa shape index (κ3) is 7.56. The van der Waals surface area contributed by atoms with E-state index in [2.05, 4.69) is 43.5 Å². The molecule has 12 heteroatoms. The van der Waals surface area contributed by atoms with Crippen molar-refractivity contribution in [1.29, 1.82) is 0 Å². The molecule has 6 rings (SSSR count). The summed E-state index contributed by atoms with van der Waals surface area (Å²) in [6.07, 6.45) is 1.74. The molecule has 0 aliphatic carbocycles. The van der Waals surface area contributed by atoms with E-state index in [-0.39, 0.29) is 16.7 Å². The SMILES string of the molecule is CCCc1nc2c(C)cc(C(=O)NCCN3CCN(C)CC3)cc2n1Cc1ccc(-c2ccccc2S(=O)(=O)Nc2onc(C)c2C)cc1. The molecule has 49 heavy (non-hydrogen) atoms. The van der Waals surface area contributed by atoms with Gasteiger partial charge in [-0.05, 0) is 69.1 Å². The molecule has 2 N–H and O–H groups in total. The molecule has 0 bridgehead atoms. The quantitative estimate of drug-likeness (QED) is 0.179. The van der Waals surface area contributed by atoms with E-state index in [0.29, 0.717) is 35.5 Å². The standard InChI is InChI=1S/C37H45N7O4S/c1-6-9-34-39-35-25(2)22-30(36(45)38-16-17-43-20-18-42(5)19-21-43)23-32(35)44(34)24-28-12-14-29(15-13-28)31-10-7-8-11-33(31)49(46,47)41-37-26(3)27(4)40-48-37/h7-8,10-15,22-23,41H,6,9,16-21,24H2,1-5H3,(H,38,45). The van der Waals surface area contributed by atoms with Gasteiger partial charge in [-0.2, -0.15) is 0 Å². The molecule has 1 saturated heterocycles. The predicted molar refractivity (Wildman–Crippen MR) is 193 cm³/mol. The Labute approximate surface area is 288 Å². The van der Waals surface area contributed by atoms with Crippen molar-refractivity contribution in [2.45, 2.75) is 52.0 Å². The van der Waals surface area contributed by atoms with Crippen molar-refractivity contribution in [3.8, 4) is 11.1 Å². The van der Waals surface area contributed by atoms with E-state index in [9.17, 15) is 13.2 Å². The molecule has 0 unspecified atom stereocenters. The van der Waals surface area contributed by atoms with Crippen LogP contribution in [0.15, 0.2) is 70.1 Å². The molecule has 0 atom stereocenters. The number of nitrogens with one attached hydrogen (secondary N) is 2. The minimum absolute atomic E-state index is 0.0787. The van der Waals surface area contributed by atoms with Crippen LogP contribution >= 0.6 is 0 Å². The maximum atomic E-state index is 13.5. The Hall–Kier alpha value is -4.52. The highest BCUT2D eigenvalue weighted by Crippen LogP contribution is 2.31. The molecule has 3 heterocycles. The van der Waals surface area contributed by atoms with Crippen LogP contribution in [0.5, 0.6) is 0 Å². The number of rotatable bonds is 12. The highest BCUT2D eigenvalue weighted by Gasteiger charge is 2.23. The summed E-state index contributed by atoms with van der Waals surface area (Å²) < 4.78 is 36.9. The van der Waals surface area contributed by atoms with E-state index in [1.54, 1.807) is 32.0 Å². The summed E-state index contributed by atoms with van der Waals surface area (Å²) in [7, 11) is -1.81. The van der Waals surface area contributed by atoms with Gasteiger partial charge in [0.25, 0.3) is 15.9 Å². The molecule has 0 radical (unpaired) electrons. The number of aromatic nitrogens is 3. The van der Waals surface area contributed by atoms with Crippen LogP contribution in [0.4, 0.5) is 5.88 Å². The molecule has 258 valence electrons. The summed E-state index contributed by atoms with van der Waals surface area (Å²) in [5.41, 5.74) is 7.08. The Morgan fingerprint density at radius 1 is 0.980 bits per heavy atom. The van der Waals surface area contributed by atoms with Gasteiger partial charge in [0, 0.05) is 68.9 Å². The zero-order valence-corrected chi connectivity index (χ0v) is 29.7. The molecule has 1 fully saturated rings. The lowest BCUT2D eigenvalue weighted by Gasteiger charge is -2.32. The van der Waals surface area contributed by atoms with E-state index in [1.165, 1.54) is 0 Å². The van der Waals surface area contributed by atoms with Crippen LogP contribution in [0.3, 0.4) is 0 Å². The number of fused-ring (bicyclic) bond motifs is 1. The number of sulfonamides is 1. The first-order valence-corrected chi connectivity index (χ1v) is 18.3. The average Bonchev–Trinajstić information content (AvgIpc) is 3.60. The fraction of sp³-hybridized carbons (Fsp3) is 0.378. The van der Waals surface area contributed by atoms with Gasteiger partial charge in [-0.1, -0.05) is 54.5 Å². The molecule has 5 aromatic rings. The first-order chi connectivity index (χ1) is 23.5. The van der Waals surface area contributed by atoms with Crippen molar-refractivity contribution in [3.05, 3.63) is 94.4 Å². The van der Waals surface area contributed by atoms with E-state index in [4.69, 9.17) is 9.51 Å². The Morgan fingerprint density at radius 3 is 2.41 bits per heavy atom. The van der Waals surface area contributed by atoms with Crippen molar-refractivity contribution >= 4 is 32.8 Å². The number of hydrogen-bond acceptors (Lipinski definition) is 8. The second kappa shape index (κ2) is 14.5. The summed E-state index contributed by atoms with van der Waals surface area (Å²) in [4.78, 5) is 23.2. The molecule has 3 aromatic carbocycles. The maximum absolute atomic E-state index is 13.5. The van der Waals surface area contributed by atoms with Crippen LogP contribution in [0, 0.1) is 20.8 Å².